The SMILES string of the molecule is CC(C)C[C@@H](CO)NC(=O)[C@@H]1CN(Cc2ccc(-n3cc(-c4cccc(NC(=O)C5CN(Cc6ccc(-n7cccn7)cc6)c6ccccc6O5)c4)cn3)cc2)c2ccccc2O1. The van der Waals surface area contributed by atoms with Crippen LogP contribution in [-0.2, 0) is 22.7 Å². The van der Waals surface area contributed by atoms with Crippen LogP contribution in [0.4, 0.5) is 17.1 Å². The van der Waals surface area contributed by atoms with Crippen LogP contribution < -0.4 is 29.9 Å². The lowest BCUT2D eigenvalue weighted by Gasteiger charge is -2.36. The minimum absolute atomic E-state index is 0.121. The number of hydrogen-bond donors (Lipinski definition) is 3. The molecule has 0 bridgehead atoms. The van der Waals surface area contributed by atoms with Crippen LogP contribution in [0.25, 0.3) is 22.5 Å². The van der Waals surface area contributed by atoms with E-state index in [1.165, 1.54) is 0 Å². The normalized spacial score (nSPS) is 16.1. The number of amides is 2. The predicted octanol–water partition coefficient (Wildman–Crippen LogP) is 7.42. The molecule has 2 aromatic heterocycles. The summed E-state index contributed by atoms with van der Waals surface area (Å²) in [7, 11) is 0. The summed E-state index contributed by atoms with van der Waals surface area (Å²) in [4.78, 5) is 31.5. The standard InChI is InChI=1S/C50H50N8O5/c1-34(2)25-40(33-59)54-50(61)48-32-56(44-12-4-6-14-46(44)63-48)29-36-17-21-42(22-18-36)58-30-38(27-52-58)37-9-7-10-39(26-37)53-49(60)47-31-55(43-11-3-5-13-45(43)62-47)28-35-15-19-41(20-16-35)57-24-8-23-51-57/h3-24,26-27,30,34,40,47-48,59H,25,28-29,31-33H2,1-2H3,(H,53,60)(H,54,61)/t40-,47?,48-/m0/s1. The summed E-state index contributed by atoms with van der Waals surface area (Å²) in [6.07, 6.45) is 6.70. The van der Waals surface area contributed by atoms with Gasteiger partial charge >= 0.3 is 0 Å². The molecule has 2 aliphatic rings. The van der Waals surface area contributed by atoms with Crippen LogP contribution in [0, 0.1) is 5.92 Å². The number of aliphatic hydroxyl groups excluding tert-OH is 1. The predicted molar refractivity (Wildman–Crippen MR) is 243 cm³/mol. The number of aromatic nitrogens is 4. The van der Waals surface area contributed by atoms with E-state index in [1.807, 2.05) is 131 Å². The highest BCUT2D eigenvalue weighted by Gasteiger charge is 2.33. The molecule has 5 aromatic carbocycles. The number of anilines is 3. The minimum Gasteiger partial charge on any atom is -0.477 e. The Morgan fingerprint density at radius 3 is 1.89 bits per heavy atom. The number of aliphatic hydroxyl groups is 1. The van der Waals surface area contributed by atoms with E-state index in [0.29, 0.717) is 55.7 Å². The molecule has 1 unspecified atom stereocenters. The molecule has 0 spiro atoms. The van der Waals surface area contributed by atoms with Gasteiger partial charge in [0, 0.05) is 42.9 Å². The fourth-order valence-electron chi connectivity index (χ4n) is 8.21. The van der Waals surface area contributed by atoms with Crippen LogP contribution in [0.3, 0.4) is 0 Å². The molecule has 63 heavy (non-hydrogen) atoms. The first-order valence-corrected chi connectivity index (χ1v) is 21.3. The van der Waals surface area contributed by atoms with Crippen molar-refractivity contribution in [3.8, 4) is 34.0 Å². The molecule has 0 radical (unpaired) electrons. The average molecular weight is 843 g/mol. The average Bonchev–Trinajstić information content (AvgIpc) is 4.04. The van der Waals surface area contributed by atoms with Gasteiger partial charge < -0.3 is 35.0 Å². The van der Waals surface area contributed by atoms with Crippen LogP contribution in [-0.4, -0.2) is 74.4 Å². The lowest BCUT2D eigenvalue weighted by Crippen LogP contribution is -2.52. The van der Waals surface area contributed by atoms with Gasteiger partial charge in [0.1, 0.15) is 11.5 Å². The molecule has 13 nitrogen and oxygen atoms in total. The number of benzene rings is 5. The largest absolute Gasteiger partial charge is 0.477 e. The second-order valence-electron chi connectivity index (χ2n) is 16.5. The van der Waals surface area contributed by atoms with Gasteiger partial charge in [-0.1, -0.05) is 74.5 Å². The Balaban J connectivity index is 0.840. The van der Waals surface area contributed by atoms with E-state index < -0.39 is 12.2 Å². The maximum atomic E-state index is 13.8. The summed E-state index contributed by atoms with van der Waals surface area (Å²) in [5, 5.41) is 24.9. The molecule has 0 fully saturated rings. The Labute approximate surface area is 366 Å². The molecular formula is C50H50N8O5. The number of carbonyl (C=O) groups excluding carboxylic acids is 2. The van der Waals surface area contributed by atoms with Gasteiger partial charge in [0.25, 0.3) is 11.8 Å². The molecule has 0 saturated heterocycles. The van der Waals surface area contributed by atoms with Gasteiger partial charge in [-0.15, -0.1) is 0 Å². The molecule has 7 aromatic rings. The highest BCUT2D eigenvalue weighted by molar-refractivity contribution is 5.96. The molecular weight excluding hydrogens is 793 g/mol. The van der Waals surface area contributed by atoms with E-state index in [0.717, 1.165) is 45.0 Å². The lowest BCUT2D eigenvalue weighted by atomic mass is 10.0. The number of nitrogens with zero attached hydrogens (tertiary/aromatic N) is 6. The highest BCUT2D eigenvalue weighted by Crippen LogP contribution is 2.36. The highest BCUT2D eigenvalue weighted by atomic mass is 16.5. The van der Waals surface area contributed by atoms with E-state index in [1.54, 1.807) is 6.20 Å². The van der Waals surface area contributed by atoms with Gasteiger partial charge in [-0.2, -0.15) is 10.2 Å². The van der Waals surface area contributed by atoms with Crippen molar-refractivity contribution in [2.45, 2.75) is 51.6 Å². The van der Waals surface area contributed by atoms with Gasteiger partial charge in [-0.25, -0.2) is 9.36 Å². The van der Waals surface area contributed by atoms with Crippen LogP contribution in [0.1, 0.15) is 31.4 Å². The Bertz CT molecular complexity index is 2660. The summed E-state index contributed by atoms with van der Waals surface area (Å²) >= 11 is 0. The lowest BCUT2D eigenvalue weighted by molar-refractivity contribution is -0.129. The quantitative estimate of drug-likeness (QED) is 0.102. The first kappa shape index (κ1) is 41.0. The van der Waals surface area contributed by atoms with Crippen molar-refractivity contribution >= 4 is 28.9 Å². The fraction of sp³-hybridized carbons (Fsp3) is 0.240. The maximum absolute atomic E-state index is 13.8. The molecule has 3 N–H and O–H groups in total. The van der Waals surface area contributed by atoms with Crippen LogP contribution in [0.2, 0.25) is 0 Å². The Kier molecular flexibility index (Phi) is 11.9. The Morgan fingerprint density at radius 2 is 1.30 bits per heavy atom. The maximum Gasteiger partial charge on any atom is 0.267 e. The van der Waals surface area contributed by atoms with E-state index in [2.05, 4.69) is 68.7 Å². The van der Waals surface area contributed by atoms with E-state index >= 15 is 0 Å². The van der Waals surface area contributed by atoms with Gasteiger partial charge in [-0.05, 0) is 95.8 Å². The third-order valence-electron chi connectivity index (χ3n) is 11.3. The van der Waals surface area contributed by atoms with Crippen molar-refractivity contribution in [2.24, 2.45) is 5.92 Å². The fourth-order valence-corrected chi connectivity index (χ4v) is 8.21. The zero-order chi connectivity index (χ0) is 43.3. The van der Waals surface area contributed by atoms with E-state index in [4.69, 9.17) is 9.47 Å². The second kappa shape index (κ2) is 18.3. The van der Waals surface area contributed by atoms with Crippen LogP contribution in [0.5, 0.6) is 11.5 Å². The third kappa shape index (κ3) is 9.43. The Hall–Kier alpha value is -7.38. The third-order valence-corrected chi connectivity index (χ3v) is 11.3. The Morgan fingerprint density at radius 1 is 0.698 bits per heavy atom. The van der Waals surface area contributed by atoms with Crippen molar-refractivity contribution in [1.29, 1.82) is 0 Å². The number of carbonyl (C=O) groups is 2. The van der Waals surface area contributed by atoms with Crippen molar-refractivity contribution in [3.05, 3.63) is 163 Å². The summed E-state index contributed by atoms with van der Waals surface area (Å²) in [5.41, 5.74) is 8.37. The number of fused-ring (bicyclic) bond motifs is 2. The molecule has 2 aliphatic heterocycles. The van der Waals surface area contributed by atoms with Crippen LogP contribution >= 0.6 is 0 Å². The van der Waals surface area contributed by atoms with Crippen molar-refractivity contribution < 1.29 is 24.2 Å². The van der Waals surface area contributed by atoms with Crippen molar-refractivity contribution in [1.82, 2.24) is 24.9 Å². The number of nitrogens with one attached hydrogen (secondary N) is 2. The summed E-state index contributed by atoms with van der Waals surface area (Å²) in [6, 6.07) is 41.3. The topological polar surface area (TPSA) is 139 Å². The minimum atomic E-state index is -0.726. The summed E-state index contributed by atoms with van der Waals surface area (Å²) < 4.78 is 16.1. The van der Waals surface area contributed by atoms with Crippen molar-refractivity contribution in [3.63, 3.8) is 0 Å². The van der Waals surface area contributed by atoms with E-state index in [9.17, 15) is 14.7 Å². The first-order chi connectivity index (χ1) is 30.8. The molecule has 4 heterocycles. The molecule has 13 heteroatoms. The van der Waals surface area contributed by atoms with Crippen LogP contribution in [0.15, 0.2) is 152 Å². The number of para-hydroxylation sites is 4. The second-order valence-corrected chi connectivity index (χ2v) is 16.5. The van der Waals surface area contributed by atoms with Gasteiger partial charge in [-0.3, -0.25) is 9.59 Å². The summed E-state index contributed by atoms with van der Waals surface area (Å²) in [5.74, 6) is 1.19. The van der Waals surface area contributed by atoms with Gasteiger partial charge in [0.15, 0.2) is 12.2 Å². The number of hydrogen-bond acceptors (Lipinski definition) is 9. The summed E-state index contributed by atoms with van der Waals surface area (Å²) in [6.45, 7) is 5.95. The van der Waals surface area contributed by atoms with Gasteiger partial charge in [0.2, 0.25) is 0 Å². The zero-order valence-corrected chi connectivity index (χ0v) is 35.2. The molecule has 0 aliphatic carbocycles. The molecule has 2 amide bonds. The molecule has 320 valence electrons. The monoisotopic (exact) mass is 842 g/mol. The number of rotatable bonds is 14. The van der Waals surface area contributed by atoms with Gasteiger partial charge in [0.05, 0.1) is 54.7 Å². The smallest absolute Gasteiger partial charge is 0.267 e. The molecule has 9 rings (SSSR count). The number of ether oxygens (including phenoxy) is 2. The molecule has 0 saturated carbocycles. The zero-order valence-electron chi connectivity index (χ0n) is 35.2. The first-order valence-electron chi connectivity index (χ1n) is 21.3. The van der Waals surface area contributed by atoms with Crippen molar-refractivity contribution in [2.75, 3.05) is 34.8 Å². The van der Waals surface area contributed by atoms with E-state index in [-0.39, 0.29) is 24.5 Å². The molecule has 3 atom stereocenters.